The van der Waals surface area contributed by atoms with Crippen LogP contribution in [0.2, 0.25) is 0 Å². The van der Waals surface area contributed by atoms with Crippen molar-refractivity contribution < 1.29 is 0 Å². The standard InChI is InChI=1S/C5H14NP/c1-3-4-5(2)6-7/h5-6H,3-4,7H2,1-2H3. The van der Waals surface area contributed by atoms with E-state index in [0.29, 0.717) is 6.04 Å². The average Bonchev–Trinajstić information content (AvgIpc) is 1.68. The van der Waals surface area contributed by atoms with Crippen molar-refractivity contribution in [1.29, 1.82) is 0 Å². The second-order valence-corrected chi connectivity index (χ2v) is 2.19. The number of rotatable bonds is 3. The monoisotopic (exact) mass is 119 g/mol. The SMILES string of the molecule is CCCC(C)NP. The van der Waals surface area contributed by atoms with Gasteiger partial charge in [0.15, 0.2) is 0 Å². The Hall–Kier alpha value is 0.390. The molecule has 2 atom stereocenters. The molecule has 44 valence electrons. The summed E-state index contributed by atoms with van der Waals surface area (Å²) in [5, 5.41) is 3.08. The molecular formula is C5H14NP. The van der Waals surface area contributed by atoms with Gasteiger partial charge < -0.3 is 0 Å². The molecule has 0 saturated carbocycles. The first kappa shape index (κ1) is 7.39. The van der Waals surface area contributed by atoms with Crippen LogP contribution in [-0.2, 0) is 0 Å². The molecule has 0 fully saturated rings. The van der Waals surface area contributed by atoms with Gasteiger partial charge in [0.05, 0.1) is 0 Å². The van der Waals surface area contributed by atoms with E-state index in [4.69, 9.17) is 0 Å². The molecule has 7 heavy (non-hydrogen) atoms. The zero-order valence-corrected chi connectivity index (χ0v) is 6.22. The van der Waals surface area contributed by atoms with Crippen molar-refractivity contribution in [3.8, 4) is 0 Å². The zero-order chi connectivity index (χ0) is 5.70. The van der Waals surface area contributed by atoms with Crippen LogP contribution < -0.4 is 5.09 Å². The van der Waals surface area contributed by atoms with E-state index in [1.54, 1.807) is 0 Å². The third-order valence-electron chi connectivity index (χ3n) is 1.01. The second-order valence-electron chi connectivity index (χ2n) is 1.86. The van der Waals surface area contributed by atoms with Gasteiger partial charge in [-0.25, -0.2) is 0 Å². The quantitative estimate of drug-likeness (QED) is 0.556. The molecule has 0 aliphatic heterocycles. The van der Waals surface area contributed by atoms with Crippen molar-refractivity contribution in [3.63, 3.8) is 0 Å². The Morgan fingerprint density at radius 3 is 2.43 bits per heavy atom. The van der Waals surface area contributed by atoms with Crippen molar-refractivity contribution in [2.45, 2.75) is 32.7 Å². The molecule has 2 unspecified atom stereocenters. The molecule has 0 aromatic carbocycles. The van der Waals surface area contributed by atoms with Crippen LogP contribution in [-0.4, -0.2) is 6.04 Å². The van der Waals surface area contributed by atoms with Gasteiger partial charge >= 0.3 is 0 Å². The number of nitrogens with one attached hydrogen (secondary N) is 1. The molecule has 0 aromatic rings. The summed E-state index contributed by atoms with van der Waals surface area (Å²) in [6.45, 7) is 4.37. The summed E-state index contributed by atoms with van der Waals surface area (Å²) >= 11 is 0. The van der Waals surface area contributed by atoms with Crippen LogP contribution in [0, 0.1) is 0 Å². The van der Waals surface area contributed by atoms with Crippen molar-refractivity contribution in [2.24, 2.45) is 0 Å². The normalized spacial score (nSPS) is 14.1. The molecular weight excluding hydrogens is 105 g/mol. The van der Waals surface area contributed by atoms with E-state index in [2.05, 4.69) is 28.3 Å². The zero-order valence-electron chi connectivity index (χ0n) is 5.07. The highest BCUT2D eigenvalue weighted by Gasteiger charge is 1.91. The Morgan fingerprint density at radius 1 is 1.71 bits per heavy atom. The minimum absolute atomic E-state index is 0.662. The number of hydrogen-bond donors (Lipinski definition) is 1. The van der Waals surface area contributed by atoms with E-state index < -0.39 is 0 Å². The number of hydrogen-bond acceptors (Lipinski definition) is 1. The van der Waals surface area contributed by atoms with Gasteiger partial charge in [-0.15, -0.1) is 0 Å². The van der Waals surface area contributed by atoms with Crippen molar-refractivity contribution in [1.82, 2.24) is 5.09 Å². The highest BCUT2D eigenvalue weighted by molar-refractivity contribution is 7.13. The summed E-state index contributed by atoms with van der Waals surface area (Å²) in [7, 11) is 2.52. The third-order valence-corrected chi connectivity index (χ3v) is 1.58. The second kappa shape index (κ2) is 4.55. The highest BCUT2D eigenvalue weighted by atomic mass is 31.0. The Balaban J connectivity index is 2.83. The summed E-state index contributed by atoms with van der Waals surface area (Å²) in [6, 6.07) is 0.662. The summed E-state index contributed by atoms with van der Waals surface area (Å²) in [6.07, 6.45) is 2.53. The van der Waals surface area contributed by atoms with Crippen LogP contribution in [0.4, 0.5) is 0 Å². The fraction of sp³-hybridized carbons (Fsp3) is 1.00. The van der Waals surface area contributed by atoms with E-state index in [1.807, 2.05) is 0 Å². The molecule has 0 aliphatic rings. The van der Waals surface area contributed by atoms with Crippen LogP contribution in [0.5, 0.6) is 0 Å². The predicted molar refractivity (Wildman–Crippen MR) is 37.2 cm³/mol. The summed E-state index contributed by atoms with van der Waals surface area (Å²) in [5.74, 6) is 0. The van der Waals surface area contributed by atoms with Gasteiger partial charge in [0.1, 0.15) is 0 Å². The Kier molecular flexibility index (Phi) is 4.80. The molecule has 0 aliphatic carbocycles. The molecule has 0 rings (SSSR count). The van der Waals surface area contributed by atoms with Crippen molar-refractivity contribution >= 4 is 9.39 Å². The summed E-state index contributed by atoms with van der Waals surface area (Å²) in [5.41, 5.74) is 0. The fourth-order valence-electron chi connectivity index (χ4n) is 0.516. The lowest BCUT2D eigenvalue weighted by atomic mass is 10.2. The molecule has 2 heteroatoms. The lowest BCUT2D eigenvalue weighted by Crippen LogP contribution is -2.13. The maximum Gasteiger partial charge on any atom is 0.00704 e. The van der Waals surface area contributed by atoms with Crippen molar-refractivity contribution in [2.75, 3.05) is 0 Å². The van der Waals surface area contributed by atoms with Gasteiger partial charge in [-0.2, -0.15) is 0 Å². The van der Waals surface area contributed by atoms with Gasteiger partial charge in [-0.3, -0.25) is 5.09 Å². The summed E-state index contributed by atoms with van der Waals surface area (Å²) in [4.78, 5) is 0. The molecule has 0 aromatic heterocycles. The Labute approximate surface area is 48.1 Å². The van der Waals surface area contributed by atoms with Gasteiger partial charge in [-0.1, -0.05) is 22.7 Å². The van der Waals surface area contributed by atoms with Gasteiger partial charge in [0, 0.05) is 6.04 Å². The molecule has 1 N–H and O–H groups in total. The van der Waals surface area contributed by atoms with Crippen LogP contribution in [0.1, 0.15) is 26.7 Å². The van der Waals surface area contributed by atoms with Gasteiger partial charge in [0.25, 0.3) is 0 Å². The lowest BCUT2D eigenvalue weighted by molar-refractivity contribution is 0.617. The van der Waals surface area contributed by atoms with Crippen LogP contribution in [0.15, 0.2) is 0 Å². The fourth-order valence-corrected chi connectivity index (χ4v) is 0.683. The summed E-state index contributed by atoms with van der Waals surface area (Å²) < 4.78 is 0. The maximum absolute atomic E-state index is 3.08. The largest absolute Gasteiger partial charge is 0.298 e. The smallest absolute Gasteiger partial charge is 0.00704 e. The Bertz CT molecular complexity index is 39.1. The van der Waals surface area contributed by atoms with Gasteiger partial charge in [-0.05, 0) is 13.3 Å². The molecule has 0 heterocycles. The third kappa shape index (κ3) is 4.24. The van der Waals surface area contributed by atoms with Crippen LogP contribution >= 0.6 is 9.39 Å². The minimum Gasteiger partial charge on any atom is -0.298 e. The first-order valence-electron chi connectivity index (χ1n) is 2.77. The molecule has 0 spiro atoms. The molecule has 1 nitrogen and oxygen atoms in total. The maximum atomic E-state index is 3.08. The van der Waals surface area contributed by atoms with E-state index in [0.717, 1.165) is 0 Å². The predicted octanol–water partition coefficient (Wildman–Crippen LogP) is 1.55. The first-order chi connectivity index (χ1) is 3.31. The van der Waals surface area contributed by atoms with E-state index in [9.17, 15) is 0 Å². The molecule has 0 saturated heterocycles. The van der Waals surface area contributed by atoms with E-state index in [1.165, 1.54) is 12.8 Å². The van der Waals surface area contributed by atoms with Crippen LogP contribution in [0.25, 0.3) is 0 Å². The topological polar surface area (TPSA) is 12.0 Å². The van der Waals surface area contributed by atoms with E-state index >= 15 is 0 Å². The highest BCUT2D eigenvalue weighted by Crippen LogP contribution is 1.94. The van der Waals surface area contributed by atoms with Crippen LogP contribution in [0.3, 0.4) is 0 Å². The minimum atomic E-state index is 0.662. The van der Waals surface area contributed by atoms with Gasteiger partial charge in [0.2, 0.25) is 0 Å². The average molecular weight is 119 g/mol. The molecule has 0 radical (unpaired) electrons. The molecule has 0 bridgehead atoms. The first-order valence-corrected chi connectivity index (χ1v) is 3.35. The van der Waals surface area contributed by atoms with E-state index in [-0.39, 0.29) is 0 Å². The molecule has 0 amide bonds. The lowest BCUT2D eigenvalue weighted by Gasteiger charge is -2.05. The Morgan fingerprint density at radius 2 is 2.29 bits per heavy atom. The van der Waals surface area contributed by atoms with Crippen molar-refractivity contribution in [3.05, 3.63) is 0 Å².